The van der Waals surface area contributed by atoms with Crippen LogP contribution < -0.4 is 0 Å². The van der Waals surface area contributed by atoms with Gasteiger partial charge in [-0.15, -0.1) is 0 Å². The van der Waals surface area contributed by atoms with Crippen molar-refractivity contribution in [2.75, 3.05) is 26.2 Å². The lowest BCUT2D eigenvalue weighted by Crippen LogP contribution is -2.49. The number of halogens is 1. The molecule has 7 heteroatoms. The average molecular weight is 332 g/mol. The van der Waals surface area contributed by atoms with E-state index >= 15 is 0 Å². The molecule has 1 aromatic heterocycles. The van der Waals surface area contributed by atoms with E-state index < -0.39 is 5.82 Å². The Morgan fingerprint density at radius 2 is 2.08 bits per heavy atom. The number of nitrogens with zero attached hydrogens (tertiary/aromatic N) is 4. The van der Waals surface area contributed by atoms with Crippen LogP contribution in [0, 0.1) is 5.82 Å². The number of benzene rings is 1. The molecular formula is C17H21FN4O2. The normalized spacial score (nSPS) is 17.0. The van der Waals surface area contributed by atoms with Crippen molar-refractivity contribution in [2.24, 2.45) is 0 Å². The molecular weight excluding hydrogens is 311 g/mol. The maximum Gasteiger partial charge on any atom is 0.254 e. The second-order valence-corrected chi connectivity index (χ2v) is 5.92. The maximum atomic E-state index is 13.3. The standard InChI is InChI=1S/C17H21FN4O2/c1-3-15-19-16(24-20-15)12(2)21-7-9-22(10-8-21)17(23)13-5-4-6-14(18)11-13/h4-6,11-12H,3,7-10H2,1-2H3/t12-/m0/s1. The molecule has 0 spiro atoms. The lowest BCUT2D eigenvalue weighted by Gasteiger charge is -2.36. The molecule has 0 unspecified atom stereocenters. The van der Waals surface area contributed by atoms with Crippen LogP contribution in [0.5, 0.6) is 0 Å². The minimum Gasteiger partial charge on any atom is -0.338 e. The number of rotatable bonds is 4. The van der Waals surface area contributed by atoms with Gasteiger partial charge in [0.15, 0.2) is 5.82 Å². The smallest absolute Gasteiger partial charge is 0.254 e. The summed E-state index contributed by atoms with van der Waals surface area (Å²) in [6.07, 6.45) is 0.742. The van der Waals surface area contributed by atoms with Crippen LogP contribution in [0.2, 0.25) is 0 Å². The third-order valence-corrected chi connectivity index (χ3v) is 4.38. The monoisotopic (exact) mass is 332 g/mol. The Bertz CT molecular complexity index is 710. The molecule has 0 bridgehead atoms. The molecule has 1 amide bonds. The van der Waals surface area contributed by atoms with Crippen LogP contribution in [0.3, 0.4) is 0 Å². The van der Waals surface area contributed by atoms with Crippen LogP contribution in [-0.2, 0) is 6.42 Å². The number of hydrogen-bond acceptors (Lipinski definition) is 5. The zero-order chi connectivity index (χ0) is 17.1. The van der Waals surface area contributed by atoms with E-state index in [1.54, 1.807) is 17.0 Å². The summed E-state index contributed by atoms with van der Waals surface area (Å²) in [6.45, 7) is 6.62. The quantitative estimate of drug-likeness (QED) is 0.860. The fourth-order valence-corrected chi connectivity index (χ4v) is 2.85. The van der Waals surface area contributed by atoms with Crippen molar-refractivity contribution in [2.45, 2.75) is 26.3 Å². The number of piperazine rings is 1. The van der Waals surface area contributed by atoms with Crippen molar-refractivity contribution in [1.29, 1.82) is 0 Å². The number of hydrogen-bond donors (Lipinski definition) is 0. The molecule has 2 heterocycles. The third kappa shape index (κ3) is 3.46. The summed E-state index contributed by atoms with van der Waals surface area (Å²) < 4.78 is 18.6. The number of amides is 1. The molecule has 1 aromatic carbocycles. The number of aromatic nitrogens is 2. The highest BCUT2D eigenvalue weighted by molar-refractivity contribution is 5.94. The first-order valence-corrected chi connectivity index (χ1v) is 8.20. The molecule has 128 valence electrons. The molecule has 1 atom stereocenters. The zero-order valence-corrected chi connectivity index (χ0v) is 13.9. The van der Waals surface area contributed by atoms with E-state index in [9.17, 15) is 9.18 Å². The SMILES string of the molecule is CCc1noc([C@H](C)N2CCN(C(=O)c3cccc(F)c3)CC2)n1. The first-order valence-electron chi connectivity index (χ1n) is 8.20. The van der Waals surface area contributed by atoms with Crippen molar-refractivity contribution >= 4 is 5.91 Å². The average Bonchev–Trinajstić information content (AvgIpc) is 3.10. The van der Waals surface area contributed by atoms with E-state index in [1.165, 1.54) is 12.1 Å². The van der Waals surface area contributed by atoms with Crippen LogP contribution in [0.25, 0.3) is 0 Å². The van der Waals surface area contributed by atoms with E-state index in [-0.39, 0.29) is 11.9 Å². The van der Waals surface area contributed by atoms with Gasteiger partial charge in [-0.2, -0.15) is 4.98 Å². The highest BCUT2D eigenvalue weighted by atomic mass is 19.1. The summed E-state index contributed by atoms with van der Waals surface area (Å²) in [7, 11) is 0. The van der Waals surface area contributed by atoms with Crippen molar-refractivity contribution in [3.63, 3.8) is 0 Å². The van der Waals surface area contributed by atoms with Crippen LogP contribution in [0.1, 0.15) is 42.0 Å². The second kappa shape index (κ2) is 7.09. The predicted octanol–water partition coefficient (Wildman–Crippen LogP) is 2.29. The first kappa shape index (κ1) is 16.6. The molecule has 2 aromatic rings. The Labute approximate surface area is 140 Å². The number of aryl methyl sites for hydroxylation is 1. The van der Waals surface area contributed by atoms with E-state index in [1.807, 2.05) is 13.8 Å². The van der Waals surface area contributed by atoms with Gasteiger partial charge in [0, 0.05) is 38.2 Å². The Kier molecular flexibility index (Phi) is 4.89. The summed E-state index contributed by atoms with van der Waals surface area (Å²) in [6, 6.07) is 5.84. The van der Waals surface area contributed by atoms with Crippen molar-refractivity contribution in [1.82, 2.24) is 19.9 Å². The van der Waals surface area contributed by atoms with Gasteiger partial charge < -0.3 is 9.42 Å². The Hall–Kier alpha value is -2.28. The largest absolute Gasteiger partial charge is 0.338 e. The highest BCUT2D eigenvalue weighted by Gasteiger charge is 2.28. The molecule has 1 saturated heterocycles. The summed E-state index contributed by atoms with van der Waals surface area (Å²) in [4.78, 5) is 20.8. The zero-order valence-electron chi connectivity index (χ0n) is 13.9. The van der Waals surface area contributed by atoms with Gasteiger partial charge in [0.2, 0.25) is 5.89 Å². The Balaban J connectivity index is 1.60. The van der Waals surface area contributed by atoms with Gasteiger partial charge in [0.05, 0.1) is 6.04 Å². The summed E-state index contributed by atoms with van der Waals surface area (Å²) in [5, 5.41) is 3.93. The number of carbonyl (C=O) groups excluding carboxylic acids is 1. The lowest BCUT2D eigenvalue weighted by molar-refractivity contribution is 0.0551. The second-order valence-electron chi connectivity index (χ2n) is 5.92. The van der Waals surface area contributed by atoms with Crippen molar-refractivity contribution < 1.29 is 13.7 Å². The Morgan fingerprint density at radius 1 is 1.33 bits per heavy atom. The molecule has 0 N–H and O–H groups in total. The Morgan fingerprint density at radius 3 is 2.71 bits per heavy atom. The molecule has 24 heavy (non-hydrogen) atoms. The molecule has 0 aliphatic carbocycles. The first-order chi connectivity index (χ1) is 11.6. The van der Waals surface area contributed by atoms with Crippen LogP contribution in [0.15, 0.2) is 28.8 Å². The van der Waals surface area contributed by atoms with Gasteiger partial charge >= 0.3 is 0 Å². The fourth-order valence-electron chi connectivity index (χ4n) is 2.85. The molecule has 1 fully saturated rings. The van der Waals surface area contributed by atoms with E-state index in [2.05, 4.69) is 15.0 Å². The minimum absolute atomic E-state index is 0.0178. The van der Waals surface area contributed by atoms with Gasteiger partial charge in [-0.05, 0) is 25.1 Å². The van der Waals surface area contributed by atoms with Gasteiger partial charge in [-0.25, -0.2) is 4.39 Å². The maximum absolute atomic E-state index is 13.3. The van der Waals surface area contributed by atoms with Gasteiger partial charge in [-0.3, -0.25) is 9.69 Å². The van der Waals surface area contributed by atoms with E-state index in [0.29, 0.717) is 43.5 Å². The third-order valence-electron chi connectivity index (χ3n) is 4.38. The van der Waals surface area contributed by atoms with Gasteiger partial charge in [0.1, 0.15) is 5.82 Å². The summed E-state index contributed by atoms with van der Waals surface area (Å²) in [5.41, 5.74) is 0.390. The molecule has 0 radical (unpaired) electrons. The van der Waals surface area contributed by atoms with Crippen LogP contribution in [-0.4, -0.2) is 52.0 Å². The van der Waals surface area contributed by atoms with Crippen molar-refractivity contribution in [3.05, 3.63) is 47.4 Å². The highest BCUT2D eigenvalue weighted by Crippen LogP contribution is 2.21. The predicted molar refractivity (Wildman–Crippen MR) is 86.0 cm³/mol. The lowest BCUT2D eigenvalue weighted by atomic mass is 10.1. The van der Waals surface area contributed by atoms with Crippen molar-refractivity contribution in [3.8, 4) is 0 Å². The molecule has 3 rings (SSSR count). The molecule has 1 aliphatic heterocycles. The van der Waals surface area contributed by atoms with E-state index in [0.717, 1.165) is 6.42 Å². The van der Waals surface area contributed by atoms with Gasteiger partial charge in [-0.1, -0.05) is 18.1 Å². The fraction of sp³-hybridized carbons (Fsp3) is 0.471. The van der Waals surface area contributed by atoms with Gasteiger partial charge in [0.25, 0.3) is 5.91 Å². The topological polar surface area (TPSA) is 62.5 Å². The van der Waals surface area contributed by atoms with Crippen LogP contribution >= 0.6 is 0 Å². The summed E-state index contributed by atoms with van der Waals surface area (Å²) >= 11 is 0. The number of carbonyl (C=O) groups is 1. The summed E-state index contributed by atoms with van der Waals surface area (Å²) in [5.74, 6) is 0.789. The minimum atomic E-state index is -0.392. The molecule has 1 aliphatic rings. The van der Waals surface area contributed by atoms with E-state index in [4.69, 9.17) is 4.52 Å². The molecule has 0 saturated carbocycles. The molecule has 6 nitrogen and oxygen atoms in total. The van der Waals surface area contributed by atoms with Crippen LogP contribution in [0.4, 0.5) is 4.39 Å².